The molecule has 0 spiro atoms. The number of nitrogens with one attached hydrogen (secondary N) is 1. The van der Waals surface area contributed by atoms with E-state index in [0.717, 1.165) is 19.3 Å². The van der Waals surface area contributed by atoms with Gasteiger partial charge in [0, 0.05) is 25.1 Å². The van der Waals surface area contributed by atoms with Crippen LogP contribution in [0.25, 0.3) is 11.0 Å². The molecule has 1 aliphatic rings. The van der Waals surface area contributed by atoms with E-state index in [2.05, 4.69) is 26.1 Å². The molecule has 0 unspecified atom stereocenters. The standard InChI is InChI=1S/C26H39N3O5/c1-16(2)19-10-8-17(3)14-20(19)23(30)29-21-11-9-18(33-7)15-22(21)28(25(29)32)13-12-27-24(31)34-26(4,5)6/h9,11,15-17,19-20H,8,10,12-14H2,1-7H3,(H,27,31)/t17-,19+,20-/m1/s1. The van der Waals surface area contributed by atoms with Crippen molar-refractivity contribution in [2.45, 2.75) is 73.0 Å². The number of methoxy groups -OCH3 is 1. The summed E-state index contributed by atoms with van der Waals surface area (Å²) in [5.74, 6) is 1.33. The smallest absolute Gasteiger partial charge is 0.407 e. The van der Waals surface area contributed by atoms with Gasteiger partial charge in [0.25, 0.3) is 0 Å². The number of benzene rings is 1. The average Bonchev–Trinajstić information content (AvgIpc) is 3.02. The van der Waals surface area contributed by atoms with Crippen molar-refractivity contribution < 1.29 is 19.1 Å². The number of carbonyl (C=O) groups is 2. The zero-order chi connectivity index (χ0) is 25.2. The van der Waals surface area contributed by atoms with Crippen molar-refractivity contribution in [3.8, 4) is 5.75 Å². The molecule has 1 N–H and O–H groups in total. The first kappa shape index (κ1) is 25.8. The van der Waals surface area contributed by atoms with E-state index in [9.17, 15) is 14.4 Å². The number of nitrogens with zero attached hydrogens (tertiary/aromatic N) is 2. The van der Waals surface area contributed by atoms with E-state index in [4.69, 9.17) is 9.47 Å². The van der Waals surface area contributed by atoms with Crippen molar-refractivity contribution in [1.82, 2.24) is 14.5 Å². The van der Waals surface area contributed by atoms with E-state index in [1.54, 1.807) is 46.1 Å². The van der Waals surface area contributed by atoms with Crippen molar-refractivity contribution in [2.24, 2.45) is 23.7 Å². The Hall–Kier alpha value is -2.77. The molecule has 34 heavy (non-hydrogen) atoms. The summed E-state index contributed by atoms with van der Waals surface area (Å²) in [6, 6.07) is 5.29. The second kappa shape index (κ2) is 10.2. The van der Waals surface area contributed by atoms with Crippen LogP contribution in [-0.2, 0) is 11.3 Å². The van der Waals surface area contributed by atoms with Crippen molar-refractivity contribution in [2.75, 3.05) is 13.7 Å². The van der Waals surface area contributed by atoms with Gasteiger partial charge in [-0.15, -0.1) is 0 Å². The number of alkyl carbamates (subject to hydrolysis) is 1. The van der Waals surface area contributed by atoms with Crippen molar-refractivity contribution in [3.05, 3.63) is 28.7 Å². The van der Waals surface area contributed by atoms with Crippen LogP contribution in [0.4, 0.5) is 4.79 Å². The molecule has 3 rings (SSSR count). The summed E-state index contributed by atoms with van der Waals surface area (Å²) in [6.07, 6.45) is 2.35. The normalized spacial score (nSPS) is 21.0. The van der Waals surface area contributed by atoms with Gasteiger partial charge < -0.3 is 14.8 Å². The molecule has 0 aliphatic heterocycles. The van der Waals surface area contributed by atoms with Gasteiger partial charge in [-0.25, -0.2) is 14.2 Å². The van der Waals surface area contributed by atoms with Gasteiger partial charge in [-0.1, -0.05) is 27.2 Å². The number of amides is 1. The molecule has 0 saturated heterocycles. The third-order valence-electron chi connectivity index (χ3n) is 6.70. The molecule has 1 aromatic carbocycles. The fourth-order valence-electron chi connectivity index (χ4n) is 5.03. The maximum Gasteiger partial charge on any atom is 0.407 e. The summed E-state index contributed by atoms with van der Waals surface area (Å²) in [7, 11) is 1.56. The Kier molecular flexibility index (Phi) is 7.78. The largest absolute Gasteiger partial charge is 0.497 e. The van der Waals surface area contributed by atoms with E-state index in [1.165, 1.54) is 9.13 Å². The number of rotatable bonds is 6. The van der Waals surface area contributed by atoms with Crippen LogP contribution in [0, 0.1) is 23.7 Å². The van der Waals surface area contributed by atoms with Gasteiger partial charge in [0.1, 0.15) is 11.4 Å². The second-order valence-corrected chi connectivity index (χ2v) is 10.8. The van der Waals surface area contributed by atoms with E-state index in [-0.39, 0.29) is 36.5 Å². The van der Waals surface area contributed by atoms with Crippen molar-refractivity contribution >= 4 is 23.0 Å². The predicted octanol–water partition coefficient (Wildman–Crippen LogP) is 4.68. The Morgan fingerprint density at radius 2 is 1.88 bits per heavy atom. The van der Waals surface area contributed by atoms with Crippen LogP contribution >= 0.6 is 0 Å². The lowest BCUT2D eigenvalue weighted by Gasteiger charge is -2.36. The van der Waals surface area contributed by atoms with Gasteiger partial charge in [-0.05, 0) is 63.5 Å². The maximum atomic E-state index is 13.8. The lowest BCUT2D eigenvalue weighted by Crippen LogP contribution is -2.41. The van der Waals surface area contributed by atoms with Crippen molar-refractivity contribution in [1.29, 1.82) is 0 Å². The van der Waals surface area contributed by atoms with Crippen LogP contribution in [0.2, 0.25) is 0 Å². The third kappa shape index (κ3) is 5.65. The lowest BCUT2D eigenvalue weighted by atomic mass is 9.69. The fraction of sp³-hybridized carbons (Fsp3) is 0.654. The summed E-state index contributed by atoms with van der Waals surface area (Å²) in [6.45, 7) is 12.2. The highest BCUT2D eigenvalue weighted by molar-refractivity contribution is 5.92. The molecule has 3 atom stereocenters. The second-order valence-electron chi connectivity index (χ2n) is 10.8. The summed E-state index contributed by atoms with van der Waals surface area (Å²) in [5, 5.41) is 2.69. The maximum absolute atomic E-state index is 13.8. The predicted molar refractivity (Wildman–Crippen MR) is 132 cm³/mol. The fourth-order valence-corrected chi connectivity index (χ4v) is 5.03. The first-order valence-electron chi connectivity index (χ1n) is 12.2. The minimum Gasteiger partial charge on any atom is -0.497 e. The average molecular weight is 474 g/mol. The molecule has 1 saturated carbocycles. The van der Waals surface area contributed by atoms with Gasteiger partial charge in [0.15, 0.2) is 0 Å². The summed E-state index contributed by atoms with van der Waals surface area (Å²) in [5.41, 5.74) is 0.170. The number of hydrogen-bond donors (Lipinski definition) is 1. The molecule has 188 valence electrons. The molecule has 1 aromatic heterocycles. The van der Waals surface area contributed by atoms with Crippen LogP contribution in [0.5, 0.6) is 5.75 Å². The molecular formula is C26H39N3O5. The molecule has 1 fully saturated rings. The van der Waals surface area contributed by atoms with Gasteiger partial charge in [0.2, 0.25) is 5.91 Å². The van der Waals surface area contributed by atoms with Crippen LogP contribution in [0.15, 0.2) is 23.0 Å². The molecule has 1 amide bonds. The highest BCUT2D eigenvalue weighted by Gasteiger charge is 2.37. The molecule has 2 aromatic rings. The topological polar surface area (TPSA) is 91.6 Å². The summed E-state index contributed by atoms with van der Waals surface area (Å²) < 4.78 is 13.5. The monoisotopic (exact) mass is 473 g/mol. The van der Waals surface area contributed by atoms with Crippen LogP contribution < -0.4 is 15.7 Å². The Morgan fingerprint density at radius 3 is 2.50 bits per heavy atom. The Labute approximate surface area is 201 Å². The van der Waals surface area contributed by atoms with Gasteiger partial charge in [0.05, 0.1) is 18.1 Å². The highest BCUT2D eigenvalue weighted by atomic mass is 16.6. The number of aromatic nitrogens is 2. The number of imidazole rings is 1. The van der Waals surface area contributed by atoms with Crippen LogP contribution in [-0.4, -0.2) is 40.4 Å². The number of carbonyl (C=O) groups excluding carboxylic acids is 2. The van der Waals surface area contributed by atoms with Gasteiger partial charge in [-0.2, -0.15) is 0 Å². The number of ether oxygens (including phenoxy) is 2. The molecule has 8 heteroatoms. The lowest BCUT2D eigenvalue weighted by molar-refractivity contribution is 0.0524. The molecule has 0 bridgehead atoms. The molecular weight excluding hydrogens is 434 g/mol. The third-order valence-corrected chi connectivity index (χ3v) is 6.70. The summed E-state index contributed by atoms with van der Waals surface area (Å²) in [4.78, 5) is 39.4. The minimum absolute atomic E-state index is 0.135. The Morgan fingerprint density at radius 1 is 1.18 bits per heavy atom. The zero-order valence-electron chi connectivity index (χ0n) is 21.5. The van der Waals surface area contributed by atoms with Crippen LogP contribution in [0.1, 0.15) is 65.6 Å². The SMILES string of the molecule is COc1ccc2c(c1)n(CCNC(=O)OC(C)(C)C)c(=O)n2C(=O)[C@@H]1C[C@H](C)CC[C@H]1C(C)C. The minimum atomic E-state index is -0.610. The molecule has 0 radical (unpaired) electrons. The van der Waals surface area contributed by atoms with E-state index < -0.39 is 11.7 Å². The van der Waals surface area contributed by atoms with Gasteiger partial charge >= 0.3 is 11.8 Å². The molecule has 1 aliphatic carbocycles. The van der Waals surface area contributed by atoms with Crippen molar-refractivity contribution in [3.63, 3.8) is 0 Å². The quantitative estimate of drug-likeness (QED) is 0.657. The van der Waals surface area contributed by atoms with Crippen LogP contribution in [0.3, 0.4) is 0 Å². The zero-order valence-corrected chi connectivity index (χ0v) is 21.5. The van der Waals surface area contributed by atoms with E-state index in [1.807, 2.05) is 0 Å². The van der Waals surface area contributed by atoms with E-state index in [0.29, 0.717) is 28.6 Å². The molecule has 1 heterocycles. The van der Waals surface area contributed by atoms with Gasteiger partial charge in [-0.3, -0.25) is 9.36 Å². The molecule has 8 nitrogen and oxygen atoms in total. The van der Waals surface area contributed by atoms with E-state index >= 15 is 0 Å². The highest BCUT2D eigenvalue weighted by Crippen LogP contribution is 2.39. The first-order valence-corrected chi connectivity index (χ1v) is 12.2. The number of hydrogen-bond acceptors (Lipinski definition) is 5. The Bertz CT molecular complexity index is 1090. The Balaban J connectivity index is 1.96. The number of fused-ring (bicyclic) bond motifs is 1. The summed E-state index contributed by atoms with van der Waals surface area (Å²) >= 11 is 0. The first-order chi connectivity index (χ1) is 15.9.